The Hall–Kier alpha value is -2.25. The maximum atomic E-state index is 14.2. The molecule has 0 spiro atoms. The minimum atomic E-state index is -0.468. The molecule has 2 aromatic carbocycles. The third-order valence-corrected chi connectivity index (χ3v) is 5.06. The van der Waals surface area contributed by atoms with Crippen LogP contribution in [-0.4, -0.2) is 14.7 Å². The van der Waals surface area contributed by atoms with Crippen molar-refractivity contribution in [3.05, 3.63) is 64.8 Å². The third-order valence-electron chi connectivity index (χ3n) is 3.86. The van der Waals surface area contributed by atoms with Gasteiger partial charge < -0.3 is 10.6 Å². The first-order valence-corrected chi connectivity index (χ1v) is 8.74. The van der Waals surface area contributed by atoms with E-state index >= 15 is 0 Å². The standard InChI is InChI=1S/C17H13ClF2N4S/c1-9-15(11-4-2-3-5-13(11)19)16-22-17(25-24(16)23-9)21-10-6-7-14(20)12(18)8-10/h2-8,17,21-22H,1H3/t17-/m1/s1. The molecule has 0 radical (unpaired) electrons. The molecule has 1 atom stereocenters. The van der Waals surface area contributed by atoms with Crippen molar-refractivity contribution in [2.24, 2.45) is 0 Å². The van der Waals surface area contributed by atoms with Crippen molar-refractivity contribution in [3.63, 3.8) is 0 Å². The van der Waals surface area contributed by atoms with Gasteiger partial charge >= 0.3 is 0 Å². The highest BCUT2D eigenvalue weighted by Crippen LogP contribution is 2.40. The lowest BCUT2D eigenvalue weighted by atomic mass is 10.1. The molecule has 1 aliphatic heterocycles. The van der Waals surface area contributed by atoms with Crippen molar-refractivity contribution < 1.29 is 8.78 Å². The van der Waals surface area contributed by atoms with Crippen molar-refractivity contribution >= 4 is 35.1 Å². The molecule has 3 aromatic rings. The van der Waals surface area contributed by atoms with Gasteiger partial charge in [0, 0.05) is 23.2 Å². The molecule has 4 rings (SSSR count). The van der Waals surface area contributed by atoms with Crippen LogP contribution in [-0.2, 0) is 0 Å². The maximum absolute atomic E-state index is 14.2. The zero-order chi connectivity index (χ0) is 17.6. The lowest BCUT2D eigenvalue weighted by Gasteiger charge is -2.14. The summed E-state index contributed by atoms with van der Waals surface area (Å²) in [7, 11) is 0. The number of hydrogen-bond acceptors (Lipinski definition) is 4. The molecule has 0 saturated heterocycles. The van der Waals surface area contributed by atoms with Crippen LogP contribution < -0.4 is 10.6 Å². The molecule has 25 heavy (non-hydrogen) atoms. The van der Waals surface area contributed by atoms with Crippen LogP contribution in [0.3, 0.4) is 0 Å². The second kappa shape index (κ2) is 6.24. The molecule has 2 N–H and O–H groups in total. The van der Waals surface area contributed by atoms with Gasteiger partial charge in [0.15, 0.2) is 5.50 Å². The van der Waals surface area contributed by atoms with E-state index in [0.717, 1.165) is 17.1 Å². The van der Waals surface area contributed by atoms with Gasteiger partial charge in [0.25, 0.3) is 0 Å². The Morgan fingerprint density at radius 2 is 2.00 bits per heavy atom. The monoisotopic (exact) mass is 378 g/mol. The quantitative estimate of drug-likeness (QED) is 0.664. The highest BCUT2D eigenvalue weighted by molar-refractivity contribution is 7.98. The summed E-state index contributed by atoms with van der Waals surface area (Å²) in [5.41, 5.74) is 2.40. The molecule has 0 aliphatic carbocycles. The summed E-state index contributed by atoms with van der Waals surface area (Å²) in [5, 5.41) is 11.0. The highest BCUT2D eigenvalue weighted by atomic mass is 35.5. The Bertz CT molecular complexity index is 960. The summed E-state index contributed by atoms with van der Waals surface area (Å²) >= 11 is 7.21. The Kier molecular flexibility index (Phi) is 4.05. The van der Waals surface area contributed by atoms with Crippen molar-refractivity contribution in [2.45, 2.75) is 12.4 Å². The van der Waals surface area contributed by atoms with Crippen LogP contribution in [0.2, 0.25) is 5.02 Å². The van der Waals surface area contributed by atoms with Crippen LogP contribution in [0.25, 0.3) is 11.1 Å². The number of benzene rings is 2. The normalized spacial score (nSPS) is 15.8. The first kappa shape index (κ1) is 16.2. The first-order chi connectivity index (χ1) is 12.0. The zero-order valence-electron chi connectivity index (χ0n) is 13.1. The fourth-order valence-electron chi connectivity index (χ4n) is 2.74. The minimum Gasteiger partial charge on any atom is -0.355 e. The van der Waals surface area contributed by atoms with E-state index in [0.29, 0.717) is 11.3 Å². The number of anilines is 2. The van der Waals surface area contributed by atoms with E-state index in [1.807, 2.05) is 6.92 Å². The van der Waals surface area contributed by atoms with Crippen LogP contribution in [0.15, 0.2) is 42.5 Å². The molecule has 0 fully saturated rings. The van der Waals surface area contributed by atoms with Crippen molar-refractivity contribution in [1.82, 2.24) is 9.19 Å². The number of halogens is 3. The predicted octanol–water partition coefficient (Wildman–Crippen LogP) is 5.11. The van der Waals surface area contributed by atoms with E-state index < -0.39 is 5.82 Å². The van der Waals surface area contributed by atoms with Gasteiger partial charge in [0.1, 0.15) is 17.5 Å². The number of aromatic nitrogens is 2. The largest absolute Gasteiger partial charge is 0.355 e. The van der Waals surface area contributed by atoms with Crippen LogP contribution in [0.5, 0.6) is 0 Å². The Balaban J connectivity index is 1.61. The number of nitrogens with one attached hydrogen (secondary N) is 2. The van der Waals surface area contributed by atoms with E-state index in [2.05, 4.69) is 15.7 Å². The van der Waals surface area contributed by atoms with E-state index in [9.17, 15) is 8.78 Å². The third kappa shape index (κ3) is 2.94. The van der Waals surface area contributed by atoms with Crippen LogP contribution in [0, 0.1) is 18.6 Å². The number of hydrogen-bond donors (Lipinski definition) is 2. The Morgan fingerprint density at radius 1 is 1.20 bits per heavy atom. The average molecular weight is 379 g/mol. The van der Waals surface area contributed by atoms with Crippen molar-refractivity contribution in [1.29, 1.82) is 0 Å². The molecule has 0 unspecified atom stereocenters. The molecule has 4 nitrogen and oxygen atoms in total. The predicted molar refractivity (Wildman–Crippen MR) is 97.8 cm³/mol. The van der Waals surface area contributed by atoms with Gasteiger partial charge in [-0.1, -0.05) is 29.8 Å². The SMILES string of the molecule is Cc1nn2c(c1-c1ccccc1F)N[C@@H](Nc1ccc(F)c(Cl)c1)S2. The summed E-state index contributed by atoms with van der Waals surface area (Å²) in [4.78, 5) is 0. The van der Waals surface area contributed by atoms with Gasteiger partial charge in [-0.2, -0.15) is 9.19 Å². The molecule has 1 aromatic heterocycles. The Morgan fingerprint density at radius 3 is 2.76 bits per heavy atom. The number of aryl methyl sites for hydroxylation is 1. The lowest BCUT2D eigenvalue weighted by Crippen LogP contribution is -2.21. The minimum absolute atomic E-state index is 0.0497. The van der Waals surface area contributed by atoms with Gasteiger partial charge in [-0.05, 0) is 31.2 Å². The van der Waals surface area contributed by atoms with Crippen LogP contribution in [0.1, 0.15) is 5.69 Å². The molecule has 1 aliphatic rings. The smallest absolute Gasteiger partial charge is 0.168 e. The fourth-order valence-corrected chi connectivity index (χ4v) is 3.90. The summed E-state index contributed by atoms with van der Waals surface area (Å²) in [6.07, 6.45) is 0. The van der Waals surface area contributed by atoms with Crippen molar-refractivity contribution in [2.75, 3.05) is 10.6 Å². The fraction of sp³-hybridized carbons (Fsp3) is 0.118. The van der Waals surface area contributed by atoms with E-state index in [1.165, 1.54) is 30.1 Å². The molecule has 8 heteroatoms. The lowest BCUT2D eigenvalue weighted by molar-refractivity contribution is 0.628. The highest BCUT2D eigenvalue weighted by Gasteiger charge is 2.29. The van der Waals surface area contributed by atoms with Gasteiger partial charge in [-0.25, -0.2) is 8.78 Å². The molecule has 0 bridgehead atoms. The van der Waals surface area contributed by atoms with Crippen LogP contribution in [0.4, 0.5) is 20.3 Å². The first-order valence-electron chi connectivity index (χ1n) is 7.53. The number of fused-ring (bicyclic) bond motifs is 1. The maximum Gasteiger partial charge on any atom is 0.168 e. The zero-order valence-corrected chi connectivity index (χ0v) is 14.6. The molecule has 2 heterocycles. The number of rotatable bonds is 3. The Labute approximate surface area is 152 Å². The molecule has 128 valence electrons. The molecule has 0 saturated carbocycles. The summed E-state index contributed by atoms with van der Waals surface area (Å²) in [6.45, 7) is 1.84. The van der Waals surface area contributed by atoms with Gasteiger partial charge in [0.2, 0.25) is 0 Å². The van der Waals surface area contributed by atoms with Gasteiger partial charge in [-0.15, -0.1) is 0 Å². The second-order valence-electron chi connectivity index (χ2n) is 5.56. The van der Waals surface area contributed by atoms with Crippen LogP contribution >= 0.6 is 23.5 Å². The van der Waals surface area contributed by atoms with E-state index in [-0.39, 0.29) is 16.3 Å². The van der Waals surface area contributed by atoms with Gasteiger partial charge in [-0.3, -0.25) is 0 Å². The summed E-state index contributed by atoms with van der Waals surface area (Å²) in [6, 6.07) is 11.0. The van der Waals surface area contributed by atoms with Crippen molar-refractivity contribution in [3.8, 4) is 11.1 Å². The summed E-state index contributed by atoms with van der Waals surface area (Å²) in [5.74, 6) is -0.0436. The second-order valence-corrected chi connectivity index (χ2v) is 7.00. The topological polar surface area (TPSA) is 41.9 Å². The van der Waals surface area contributed by atoms with Gasteiger partial charge in [0.05, 0.1) is 16.3 Å². The molecular formula is C17H13ClF2N4S. The average Bonchev–Trinajstić information content (AvgIpc) is 3.08. The summed E-state index contributed by atoms with van der Waals surface area (Å²) < 4.78 is 29.2. The molecular weight excluding hydrogens is 366 g/mol. The van der Waals surface area contributed by atoms with E-state index in [1.54, 1.807) is 28.4 Å². The number of nitrogens with zero attached hydrogens (tertiary/aromatic N) is 2. The van der Waals surface area contributed by atoms with E-state index in [4.69, 9.17) is 11.6 Å². The molecule has 0 amide bonds.